The minimum atomic E-state index is -0.0762. The molecule has 1 saturated carbocycles. The van der Waals surface area contributed by atoms with Crippen molar-refractivity contribution in [3.8, 4) is 11.5 Å². The molecule has 1 fully saturated rings. The second kappa shape index (κ2) is 7.17. The zero-order chi connectivity index (χ0) is 14.4. The summed E-state index contributed by atoms with van der Waals surface area (Å²) in [5.74, 6) is 1.17. The van der Waals surface area contributed by atoms with E-state index in [2.05, 4.69) is 5.32 Å². The van der Waals surface area contributed by atoms with Crippen molar-refractivity contribution >= 4 is 5.91 Å². The SMILES string of the molecule is COc1ccc(OC)c(C(=O)NC2CCCCCC2)c1. The molecule has 4 heteroatoms. The first-order chi connectivity index (χ1) is 9.74. The molecule has 4 nitrogen and oxygen atoms in total. The lowest BCUT2D eigenvalue weighted by Gasteiger charge is -2.17. The van der Waals surface area contributed by atoms with E-state index in [9.17, 15) is 4.79 Å². The molecule has 1 aliphatic rings. The molecule has 110 valence electrons. The third-order valence-electron chi connectivity index (χ3n) is 3.84. The number of carbonyl (C=O) groups is 1. The Bertz CT molecular complexity index is 451. The Labute approximate surface area is 120 Å². The number of hydrogen-bond acceptors (Lipinski definition) is 3. The lowest BCUT2D eigenvalue weighted by Crippen LogP contribution is -2.34. The van der Waals surface area contributed by atoms with E-state index in [-0.39, 0.29) is 11.9 Å². The van der Waals surface area contributed by atoms with Crippen LogP contribution in [-0.2, 0) is 0 Å². The quantitative estimate of drug-likeness (QED) is 0.860. The molecule has 0 bridgehead atoms. The molecular weight excluding hydrogens is 254 g/mol. The van der Waals surface area contributed by atoms with Gasteiger partial charge in [0.2, 0.25) is 0 Å². The van der Waals surface area contributed by atoms with E-state index in [1.807, 2.05) is 0 Å². The van der Waals surface area contributed by atoms with Crippen LogP contribution < -0.4 is 14.8 Å². The number of ether oxygens (including phenoxy) is 2. The second-order valence-electron chi connectivity index (χ2n) is 5.23. The van der Waals surface area contributed by atoms with Crippen molar-refractivity contribution in [3.05, 3.63) is 23.8 Å². The third kappa shape index (κ3) is 3.65. The van der Waals surface area contributed by atoms with Crippen molar-refractivity contribution in [1.82, 2.24) is 5.32 Å². The number of amides is 1. The first-order valence-electron chi connectivity index (χ1n) is 7.27. The van der Waals surface area contributed by atoms with Gasteiger partial charge in [-0.15, -0.1) is 0 Å². The van der Waals surface area contributed by atoms with Gasteiger partial charge in [0.15, 0.2) is 0 Å². The molecule has 1 aromatic carbocycles. The van der Waals surface area contributed by atoms with Crippen LogP contribution in [0.15, 0.2) is 18.2 Å². The third-order valence-corrected chi connectivity index (χ3v) is 3.84. The number of carbonyl (C=O) groups excluding carboxylic acids is 1. The smallest absolute Gasteiger partial charge is 0.255 e. The Morgan fingerprint density at radius 1 is 1.10 bits per heavy atom. The largest absolute Gasteiger partial charge is 0.497 e. The number of hydrogen-bond donors (Lipinski definition) is 1. The number of methoxy groups -OCH3 is 2. The van der Waals surface area contributed by atoms with Gasteiger partial charge >= 0.3 is 0 Å². The summed E-state index contributed by atoms with van der Waals surface area (Å²) in [5, 5.41) is 3.13. The maximum Gasteiger partial charge on any atom is 0.255 e. The zero-order valence-electron chi connectivity index (χ0n) is 12.3. The van der Waals surface area contributed by atoms with E-state index in [1.165, 1.54) is 25.7 Å². The van der Waals surface area contributed by atoms with E-state index in [0.717, 1.165) is 12.8 Å². The lowest BCUT2D eigenvalue weighted by molar-refractivity contribution is 0.0930. The van der Waals surface area contributed by atoms with Crippen molar-refractivity contribution in [2.24, 2.45) is 0 Å². The standard InChI is InChI=1S/C16H23NO3/c1-19-13-9-10-15(20-2)14(11-13)16(18)17-12-7-5-3-4-6-8-12/h9-12H,3-8H2,1-2H3,(H,17,18). The Morgan fingerprint density at radius 3 is 2.40 bits per heavy atom. The van der Waals surface area contributed by atoms with Crippen LogP contribution in [0, 0.1) is 0 Å². The molecular formula is C16H23NO3. The van der Waals surface area contributed by atoms with Gasteiger partial charge in [0.05, 0.1) is 19.8 Å². The molecule has 2 rings (SSSR count). The highest BCUT2D eigenvalue weighted by molar-refractivity contribution is 5.97. The van der Waals surface area contributed by atoms with E-state index in [1.54, 1.807) is 32.4 Å². The molecule has 0 unspecified atom stereocenters. The molecule has 0 aliphatic heterocycles. The van der Waals surface area contributed by atoms with Crippen LogP contribution in [0.2, 0.25) is 0 Å². The lowest BCUT2D eigenvalue weighted by atomic mass is 10.1. The van der Waals surface area contributed by atoms with Crippen LogP contribution in [-0.4, -0.2) is 26.2 Å². The Hall–Kier alpha value is -1.71. The number of benzene rings is 1. The summed E-state index contributed by atoms with van der Waals surface area (Å²) in [5.41, 5.74) is 0.538. The van der Waals surface area contributed by atoms with Crippen LogP contribution in [0.3, 0.4) is 0 Å². The fourth-order valence-corrected chi connectivity index (χ4v) is 2.68. The number of rotatable bonds is 4. The highest BCUT2D eigenvalue weighted by Gasteiger charge is 2.19. The predicted molar refractivity (Wildman–Crippen MR) is 78.5 cm³/mol. The molecule has 1 N–H and O–H groups in total. The predicted octanol–water partition coefficient (Wildman–Crippen LogP) is 3.16. The van der Waals surface area contributed by atoms with Gasteiger partial charge in [0.25, 0.3) is 5.91 Å². The monoisotopic (exact) mass is 277 g/mol. The van der Waals surface area contributed by atoms with Gasteiger partial charge in [-0.2, -0.15) is 0 Å². The molecule has 1 amide bonds. The van der Waals surface area contributed by atoms with Crippen molar-refractivity contribution in [3.63, 3.8) is 0 Å². The van der Waals surface area contributed by atoms with Crippen LogP contribution in [0.25, 0.3) is 0 Å². The summed E-state index contributed by atoms with van der Waals surface area (Å²) in [6.45, 7) is 0. The minimum Gasteiger partial charge on any atom is -0.497 e. The van der Waals surface area contributed by atoms with Gasteiger partial charge in [0.1, 0.15) is 11.5 Å². The van der Waals surface area contributed by atoms with Gasteiger partial charge in [-0.3, -0.25) is 4.79 Å². The zero-order valence-corrected chi connectivity index (χ0v) is 12.3. The van der Waals surface area contributed by atoms with Crippen molar-refractivity contribution < 1.29 is 14.3 Å². The first kappa shape index (κ1) is 14.7. The molecule has 0 atom stereocenters. The van der Waals surface area contributed by atoms with Crippen molar-refractivity contribution in [1.29, 1.82) is 0 Å². The van der Waals surface area contributed by atoms with Gasteiger partial charge in [-0.05, 0) is 31.0 Å². The van der Waals surface area contributed by atoms with E-state index >= 15 is 0 Å². The Balaban J connectivity index is 2.10. The first-order valence-corrected chi connectivity index (χ1v) is 7.27. The maximum absolute atomic E-state index is 12.4. The van der Waals surface area contributed by atoms with Crippen LogP contribution in [0.1, 0.15) is 48.9 Å². The summed E-state index contributed by atoms with van der Waals surface area (Å²) in [7, 11) is 3.17. The number of nitrogens with one attached hydrogen (secondary N) is 1. The average molecular weight is 277 g/mol. The molecule has 0 saturated heterocycles. The Morgan fingerprint density at radius 2 is 1.80 bits per heavy atom. The highest BCUT2D eigenvalue weighted by Crippen LogP contribution is 2.25. The van der Waals surface area contributed by atoms with Crippen molar-refractivity contribution in [2.75, 3.05) is 14.2 Å². The van der Waals surface area contributed by atoms with E-state index in [0.29, 0.717) is 17.1 Å². The van der Waals surface area contributed by atoms with Gasteiger partial charge in [-0.1, -0.05) is 25.7 Å². The fourth-order valence-electron chi connectivity index (χ4n) is 2.68. The summed E-state index contributed by atoms with van der Waals surface area (Å²) in [4.78, 5) is 12.4. The summed E-state index contributed by atoms with van der Waals surface area (Å²) >= 11 is 0. The van der Waals surface area contributed by atoms with Gasteiger partial charge < -0.3 is 14.8 Å². The van der Waals surface area contributed by atoms with E-state index in [4.69, 9.17) is 9.47 Å². The summed E-state index contributed by atoms with van der Waals surface area (Å²) in [6, 6.07) is 5.56. The van der Waals surface area contributed by atoms with Crippen molar-refractivity contribution in [2.45, 2.75) is 44.6 Å². The summed E-state index contributed by atoms with van der Waals surface area (Å²) < 4.78 is 10.4. The normalized spacial score (nSPS) is 16.3. The van der Waals surface area contributed by atoms with Gasteiger partial charge in [0, 0.05) is 6.04 Å². The van der Waals surface area contributed by atoms with Crippen LogP contribution >= 0.6 is 0 Å². The molecule has 0 aromatic heterocycles. The van der Waals surface area contributed by atoms with Gasteiger partial charge in [-0.25, -0.2) is 0 Å². The minimum absolute atomic E-state index is 0.0762. The van der Waals surface area contributed by atoms with Crippen LogP contribution in [0.4, 0.5) is 0 Å². The molecule has 1 aliphatic carbocycles. The maximum atomic E-state index is 12.4. The molecule has 1 aromatic rings. The van der Waals surface area contributed by atoms with E-state index < -0.39 is 0 Å². The van der Waals surface area contributed by atoms with Crippen LogP contribution in [0.5, 0.6) is 11.5 Å². The molecule has 0 radical (unpaired) electrons. The Kier molecular flexibility index (Phi) is 5.27. The fraction of sp³-hybridized carbons (Fsp3) is 0.562. The average Bonchev–Trinajstić information content (AvgIpc) is 2.75. The highest BCUT2D eigenvalue weighted by atomic mass is 16.5. The topological polar surface area (TPSA) is 47.6 Å². The molecule has 0 heterocycles. The summed E-state index contributed by atoms with van der Waals surface area (Å²) in [6.07, 6.45) is 7.07. The molecule has 20 heavy (non-hydrogen) atoms. The molecule has 0 spiro atoms. The second-order valence-corrected chi connectivity index (χ2v) is 5.23.